The van der Waals surface area contributed by atoms with Crippen molar-refractivity contribution in [2.24, 2.45) is 0 Å². The predicted octanol–water partition coefficient (Wildman–Crippen LogP) is 5.76. The van der Waals surface area contributed by atoms with Crippen LogP contribution in [0.4, 0.5) is 4.79 Å². The summed E-state index contributed by atoms with van der Waals surface area (Å²) in [6.07, 6.45) is 1.72. The van der Waals surface area contributed by atoms with Crippen LogP contribution in [0, 0.1) is 0 Å². The molecule has 1 fully saturated rings. The van der Waals surface area contributed by atoms with Crippen molar-refractivity contribution in [2.75, 3.05) is 6.61 Å². The molecule has 1 heterocycles. The molecule has 0 unspecified atom stereocenters. The second-order valence-electron chi connectivity index (χ2n) is 6.70. The second kappa shape index (κ2) is 9.37. The number of carbonyl (C=O) groups excluding carboxylic acids is 2. The van der Waals surface area contributed by atoms with E-state index < -0.39 is 0 Å². The normalized spacial score (nSPS) is 15.5. The van der Waals surface area contributed by atoms with Crippen LogP contribution in [0.1, 0.15) is 31.9 Å². The van der Waals surface area contributed by atoms with Gasteiger partial charge in [-0.3, -0.25) is 14.5 Å². The summed E-state index contributed by atoms with van der Waals surface area (Å²) in [6, 6.07) is 12.6. The lowest BCUT2D eigenvalue weighted by atomic mass is 10.1. The summed E-state index contributed by atoms with van der Waals surface area (Å²) in [4.78, 5) is 26.7. The summed E-state index contributed by atoms with van der Waals surface area (Å²) in [5.41, 5.74) is 1.60. The summed E-state index contributed by atoms with van der Waals surface area (Å²) >= 11 is 6.83. The molecule has 2 aromatic carbocycles. The highest BCUT2D eigenvalue weighted by atomic mass is 35.5. The number of rotatable bonds is 7. The minimum absolute atomic E-state index is 0.0180. The van der Waals surface area contributed by atoms with Crippen LogP contribution in [0.3, 0.4) is 0 Å². The smallest absolute Gasteiger partial charge is 0.293 e. The predicted molar refractivity (Wildman–Crippen MR) is 116 cm³/mol. The fraction of sp³-hybridized carbons (Fsp3) is 0.273. The molecule has 2 amide bonds. The van der Waals surface area contributed by atoms with E-state index in [0.717, 1.165) is 22.9 Å². The maximum Gasteiger partial charge on any atom is 0.293 e. The van der Waals surface area contributed by atoms with Gasteiger partial charge < -0.3 is 9.47 Å². The zero-order valence-electron chi connectivity index (χ0n) is 16.5. The van der Waals surface area contributed by atoms with Gasteiger partial charge in [0.05, 0.1) is 24.2 Å². The minimum Gasteiger partial charge on any atom is -0.490 e. The van der Waals surface area contributed by atoms with E-state index in [-0.39, 0.29) is 23.8 Å². The summed E-state index contributed by atoms with van der Waals surface area (Å²) in [7, 11) is 0. The van der Waals surface area contributed by atoms with Gasteiger partial charge in [-0.05, 0) is 74.0 Å². The van der Waals surface area contributed by atoms with Crippen LogP contribution in [-0.4, -0.2) is 28.8 Å². The first kappa shape index (κ1) is 21.3. The molecule has 0 aliphatic carbocycles. The molecule has 1 saturated heterocycles. The fourth-order valence-electron chi connectivity index (χ4n) is 2.79. The van der Waals surface area contributed by atoms with E-state index in [1.807, 2.05) is 39.0 Å². The molecule has 0 atom stereocenters. The fourth-order valence-corrected chi connectivity index (χ4v) is 3.76. The standard InChI is InChI=1S/C22H22ClNO4S/c1-4-27-19-11-16(7-10-18(19)28-14(2)3)12-20-21(25)24(22(26)29-20)13-15-5-8-17(23)9-6-15/h5-12,14H,4,13H2,1-3H3/b20-12+. The van der Waals surface area contributed by atoms with Crippen molar-refractivity contribution < 1.29 is 19.1 Å². The van der Waals surface area contributed by atoms with Crippen molar-refractivity contribution in [1.29, 1.82) is 0 Å². The van der Waals surface area contributed by atoms with Crippen molar-refractivity contribution in [3.63, 3.8) is 0 Å². The summed E-state index contributed by atoms with van der Waals surface area (Å²) in [6.45, 7) is 6.49. The van der Waals surface area contributed by atoms with E-state index in [1.54, 1.807) is 30.3 Å². The quantitative estimate of drug-likeness (QED) is 0.521. The summed E-state index contributed by atoms with van der Waals surface area (Å²) < 4.78 is 11.4. The van der Waals surface area contributed by atoms with Crippen molar-refractivity contribution in [3.8, 4) is 11.5 Å². The van der Waals surface area contributed by atoms with Crippen LogP contribution in [0.15, 0.2) is 47.4 Å². The first-order valence-electron chi connectivity index (χ1n) is 9.30. The molecule has 2 aromatic rings. The number of thioether (sulfide) groups is 1. The van der Waals surface area contributed by atoms with Crippen LogP contribution in [-0.2, 0) is 11.3 Å². The van der Waals surface area contributed by atoms with Crippen molar-refractivity contribution in [2.45, 2.75) is 33.4 Å². The van der Waals surface area contributed by atoms with Gasteiger partial charge in [-0.1, -0.05) is 29.8 Å². The summed E-state index contributed by atoms with van der Waals surface area (Å²) in [5, 5.41) is 0.318. The molecule has 0 saturated carbocycles. The molecule has 0 aromatic heterocycles. The third-order valence-corrected chi connectivity index (χ3v) is 5.21. The number of imide groups is 1. The topological polar surface area (TPSA) is 55.8 Å². The second-order valence-corrected chi connectivity index (χ2v) is 8.13. The van der Waals surface area contributed by atoms with E-state index in [2.05, 4.69) is 0 Å². The molecular weight excluding hydrogens is 410 g/mol. The molecule has 5 nitrogen and oxygen atoms in total. The van der Waals surface area contributed by atoms with Crippen LogP contribution < -0.4 is 9.47 Å². The van der Waals surface area contributed by atoms with Crippen LogP contribution in [0.25, 0.3) is 6.08 Å². The molecule has 29 heavy (non-hydrogen) atoms. The van der Waals surface area contributed by atoms with Crippen LogP contribution in [0.5, 0.6) is 11.5 Å². The molecular formula is C22H22ClNO4S. The van der Waals surface area contributed by atoms with E-state index in [1.165, 1.54) is 4.90 Å². The SMILES string of the molecule is CCOc1cc(/C=C2/SC(=O)N(Cc3ccc(Cl)cc3)C2=O)ccc1OC(C)C. The first-order chi connectivity index (χ1) is 13.9. The van der Waals surface area contributed by atoms with Crippen molar-refractivity contribution >= 4 is 40.6 Å². The molecule has 0 spiro atoms. The Labute approximate surface area is 179 Å². The number of amides is 2. The van der Waals surface area contributed by atoms with E-state index in [0.29, 0.717) is 28.0 Å². The Morgan fingerprint density at radius 2 is 1.83 bits per heavy atom. The minimum atomic E-state index is -0.310. The molecule has 3 rings (SSSR count). The van der Waals surface area contributed by atoms with Gasteiger partial charge in [-0.2, -0.15) is 0 Å². The Morgan fingerprint density at radius 3 is 2.48 bits per heavy atom. The van der Waals surface area contributed by atoms with Gasteiger partial charge in [0.15, 0.2) is 11.5 Å². The van der Waals surface area contributed by atoms with Gasteiger partial charge in [-0.25, -0.2) is 0 Å². The van der Waals surface area contributed by atoms with Crippen molar-refractivity contribution in [1.82, 2.24) is 4.90 Å². The van der Waals surface area contributed by atoms with Gasteiger partial charge in [0, 0.05) is 5.02 Å². The Morgan fingerprint density at radius 1 is 1.10 bits per heavy atom. The number of nitrogens with zero attached hydrogens (tertiary/aromatic N) is 1. The number of carbonyl (C=O) groups is 2. The maximum atomic E-state index is 12.7. The highest BCUT2D eigenvalue weighted by Crippen LogP contribution is 2.35. The number of hydrogen-bond acceptors (Lipinski definition) is 5. The molecule has 1 aliphatic rings. The van der Waals surface area contributed by atoms with Gasteiger partial charge in [0.2, 0.25) is 0 Å². The number of hydrogen-bond donors (Lipinski definition) is 0. The Balaban J connectivity index is 1.81. The number of benzene rings is 2. The van der Waals surface area contributed by atoms with Crippen molar-refractivity contribution in [3.05, 3.63) is 63.5 Å². The maximum absolute atomic E-state index is 12.7. The molecule has 0 radical (unpaired) electrons. The highest BCUT2D eigenvalue weighted by Gasteiger charge is 2.35. The van der Waals surface area contributed by atoms with Gasteiger partial charge in [0.1, 0.15) is 0 Å². The van der Waals surface area contributed by atoms with Crippen LogP contribution in [0.2, 0.25) is 5.02 Å². The highest BCUT2D eigenvalue weighted by molar-refractivity contribution is 8.18. The Kier molecular flexibility index (Phi) is 6.87. The summed E-state index contributed by atoms with van der Waals surface area (Å²) in [5.74, 6) is 0.945. The van der Waals surface area contributed by atoms with E-state index >= 15 is 0 Å². The average Bonchev–Trinajstić information content (AvgIpc) is 2.93. The average molecular weight is 432 g/mol. The number of ether oxygens (including phenoxy) is 2. The van der Waals surface area contributed by atoms with E-state index in [4.69, 9.17) is 21.1 Å². The monoisotopic (exact) mass is 431 g/mol. The lowest BCUT2D eigenvalue weighted by molar-refractivity contribution is -0.123. The molecule has 0 bridgehead atoms. The van der Waals surface area contributed by atoms with Gasteiger partial charge in [0.25, 0.3) is 11.1 Å². The third-order valence-electron chi connectivity index (χ3n) is 4.06. The lowest BCUT2D eigenvalue weighted by Crippen LogP contribution is -2.27. The Hall–Kier alpha value is -2.44. The first-order valence-corrected chi connectivity index (χ1v) is 10.5. The molecule has 0 N–H and O–H groups in total. The third kappa shape index (κ3) is 5.34. The molecule has 1 aliphatic heterocycles. The molecule has 7 heteroatoms. The number of halogens is 1. The van der Waals surface area contributed by atoms with E-state index in [9.17, 15) is 9.59 Å². The lowest BCUT2D eigenvalue weighted by Gasteiger charge is -2.15. The Bertz CT molecular complexity index is 940. The molecule has 152 valence electrons. The zero-order valence-corrected chi connectivity index (χ0v) is 18.0. The zero-order chi connectivity index (χ0) is 21.0. The van der Waals surface area contributed by atoms with Crippen LogP contribution >= 0.6 is 23.4 Å². The largest absolute Gasteiger partial charge is 0.490 e. The van der Waals surface area contributed by atoms with Gasteiger partial charge >= 0.3 is 0 Å². The van der Waals surface area contributed by atoms with Gasteiger partial charge in [-0.15, -0.1) is 0 Å².